The van der Waals surface area contributed by atoms with Gasteiger partial charge in [-0.15, -0.1) is 10.2 Å². The highest BCUT2D eigenvalue weighted by Gasteiger charge is 2.11. The summed E-state index contributed by atoms with van der Waals surface area (Å²) in [6.45, 7) is 1.80. The van der Waals surface area contributed by atoms with Crippen LogP contribution in [0.2, 0.25) is 0 Å². The van der Waals surface area contributed by atoms with Crippen LogP contribution >= 0.6 is 0 Å². The van der Waals surface area contributed by atoms with Gasteiger partial charge >= 0.3 is 0 Å². The van der Waals surface area contributed by atoms with Crippen LogP contribution in [0.3, 0.4) is 0 Å². The Morgan fingerprint density at radius 3 is 2.80 bits per heavy atom. The van der Waals surface area contributed by atoms with Crippen molar-refractivity contribution >= 4 is 11.6 Å². The third kappa shape index (κ3) is 1.39. The molecule has 0 saturated carbocycles. The fourth-order valence-electron chi connectivity index (χ4n) is 1.42. The standard InChI is InChI=1S/C9H10N4O2/c1-5-11-12-7-3-6(9(10)14)4-8(15-2)13(5)7/h3-4H,1-2H3,(H2,10,14). The molecule has 2 aromatic heterocycles. The van der Waals surface area contributed by atoms with E-state index in [1.54, 1.807) is 23.5 Å². The highest BCUT2D eigenvalue weighted by Crippen LogP contribution is 2.17. The first-order chi connectivity index (χ1) is 7.13. The molecule has 1 amide bonds. The number of carbonyl (C=O) groups excluding carboxylic acids is 1. The predicted molar refractivity (Wildman–Crippen MR) is 52.8 cm³/mol. The molecule has 6 nitrogen and oxygen atoms in total. The lowest BCUT2D eigenvalue weighted by Gasteiger charge is -2.05. The summed E-state index contributed by atoms with van der Waals surface area (Å²) in [5.74, 6) is 0.665. The molecular weight excluding hydrogens is 196 g/mol. The van der Waals surface area contributed by atoms with Gasteiger partial charge < -0.3 is 10.5 Å². The molecule has 0 fully saturated rings. The van der Waals surface area contributed by atoms with E-state index in [-0.39, 0.29) is 0 Å². The quantitative estimate of drug-likeness (QED) is 0.757. The van der Waals surface area contributed by atoms with E-state index in [2.05, 4.69) is 10.2 Å². The van der Waals surface area contributed by atoms with Gasteiger partial charge in [0, 0.05) is 11.6 Å². The molecule has 2 heterocycles. The van der Waals surface area contributed by atoms with Gasteiger partial charge in [-0.3, -0.25) is 4.79 Å². The van der Waals surface area contributed by atoms with Gasteiger partial charge in [0.1, 0.15) is 5.82 Å². The largest absolute Gasteiger partial charge is 0.482 e. The summed E-state index contributed by atoms with van der Waals surface area (Å²) in [6, 6.07) is 3.14. The molecule has 0 spiro atoms. The summed E-state index contributed by atoms with van der Waals surface area (Å²) < 4.78 is 6.83. The Morgan fingerprint density at radius 2 is 2.20 bits per heavy atom. The predicted octanol–water partition coefficient (Wildman–Crippen LogP) is 0.145. The number of primary amides is 1. The van der Waals surface area contributed by atoms with Crippen molar-refractivity contribution in [2.45, 2.75) is 6.92 Å². The van der Waals surface area contributed by atoms with Crippen molar-refractivity contribution < 1.29 is 9.53 Å². The fourth-order valence-corrected chi connectivity index (χ4v) is 1.42. The van der Waals surface area contributed by atoms with E-state index in [0.717, 1.165) is 0 Å². The van der Waals surface area contributed by atoms with Crippen molar-refractivity contribution in [3.63, 3.8) is 0 Å². The molecule has 15 heavy (non-hydrogen) atoms. The Kier molecular flexibility index (Phi) is 2.03. The number of ether oxygens (including phenoxy) is 1. The number of amides is 1. The van der Waals surface area contributed by atoms with Gasteiger partial charge in [-0.2, -0.15) is 0 Å². The van der Waals surface area contributed by atoms with Crippen molar-refractivity contribution in [1.29, 1.82) is 0 Å². The minimum absolute atomic E-state index is 0.353. The minimum Gasteiger partial charge on any atom is -0.482 e. The number of nitrogens with zero attached hydrogens (tertiary/aromatic N) is 3. The third-order valence-electron chi connectivity index (χ3n) is 2.13. The molecule has 78 valence electrons. The number of nitrogens with two attached hydrogens (primary N) is 1. The molecule has 2 rings (SSSR count). The number of pyridine rings is 1. The molecule has 2 aromatic rings. The van der Waals surface area contributed by atoms with Gasteiger partial charge in [0.15, 0.2) is 5.65 Å². The lowest BCUT2D eigenvalue weighted by Crippen LogP contribution is -2.12. The molecule has 0 aliphatic heterocycles. The average molecular weight is 206 g/mol. The maximum Gasteiger partial charge on any atom is 0.249 e. The van der Waals surface area contributed by atoms with E-state index >= 15 is 0 Å². The van der Waals surface area contributed by atoms with Crippen LogP contribution in [-0.4, -0.2) is 27.6 Å². The molecule has 0 aliphatic carbocycles. The van der Waals surface area contributed by atoms with E-state index in [1.807, 2.05) is 0 Å². The van der Waals surface area contributed by atoms with Crippen LogP contribution < -0.4 is 10.5 Å². The molecule has 0 radical (unpaired) electrons. The summed E-state index contributed by atoms with van der Waals surface area (Å²) in [4.78, 5) is 11.0. The zero-order chi connectivity index (χ0) is 11.0. The molecule has 0 aromatic carbocycles. The molecule has 6 heteroatoms. The molecule has 0 unspecified atom stereocenters. The van der Waals surface area contributed by atoms with Crippen molar-refractivity contribution in [2.75, 3.05) is 7.11 Å². The van der Waals surface area contributed by atoms with Crippen LogP contribution in [0, 0.1) is 6.92 Å². The molecule has 2 N–H and O–H groups in total. The Labute approximate surface area is 85.7 Å². The van der Waals surface area contributed by atoms with Crippen LogP contribution in [-0.2, 0) is 0 Å². The van der Waals surface area contributed by atoms with E-state index in [4.69, 9.17) is 10.5 Å². The number of methoxy groups -OCH3 is 1. The Hall–Kier alpha value is -2.11. The van der Waals surface area contributed by atoms with Crippen LogP contribution in [0.1, 0.15) is 16.2 Å². The van der Waals surface area contributed by atoms with Gasteiger partial charge in [-0.05, 0) is 13.0 Å². The highest BCUT2D eigenvalue weighted by atomic mass is 16.5. The van der Waals surface area contributed by atoms with Gasteiger partial charge in [-0.1, -0.05) is 0 Å². The maximum absolute atomic E-state index is 11.0. The lowest BCUT2D eigenvalue weighted by molar-refractivity contribution is 0.1000. The summed E-state index contributed by atoms with van der Waals surface area (Å²) in [6.07, 6.45) is 0. The summed E-state index contributed by atoms with van der Waals surface area (Å²) in [5, 5.41) is 7.78. The van der Waals surface area contributed by atoms with E-state index in [1.165, 1.54) is 7.11 Å². The van der Waals surface area contributed by atoms with Crippen molar-refractivity contribution in [2.24, 2.45) is 5.73 Å². The van der Waals surface area contributed by atoms with Crippen LogP contribution in [0.15, 0.2) is 12.1 Å². The van der Waals surface area contributed by atoms with Crippen molar-refractivity contribution in [1.82, 2.24) is 14.6 Å². The first-order valence-electron chi connectivity index (χ1n) is 4.33. The molecule has 0 bridgehead atoms. The monoisotopic (exact) mass is 206 g/mol. The molecule has 0 aliphatic rings. The SMILES string of the molecule is COc1cc(C(N)=O)cc2nnc(C)n12. The first-order valence-corrected chi connectivity index (χ1v) is 4.33. The molecule has 0 atom stereocenters. The smallest absolute Gasteiger partial charge is 0.249 e. The van der Waals surface area contributed by atoms with Crippen molar-refractivity contribution in [3.8, 4) is 5.88 Å². The number of aromatic nitrogens is 3. The second-order valence-corrected chi connectivity index (χ2v) is 3.09. The zero-order valence-corrected chi connectivity index (χ0v) is 8.39. The maximum atomic E-state index is 11.0. The van der Waals surface area contributed by atoms with Crippen LogP contribution in [0.5, 0.6) is 5.88 Å². The number of aryl methyl sites for hydroxylation is 1. The Balaban J connectivity index is 2.79. The molecule has 0 saturated heterocycles. The second kappa shape index (κ2) is 3.23. The topological polar surface area (TPSA) is 82.5 Å². The summed E-state index contributed by atoms with van der Waals surface area (Å²) >= 11 is 0. The number of hydrogen-bond donors (Lipinski definition) is 1. The minimum atomic E-state index is -0.517. The zero-order valence-electron chi connectivity index (χ0n) is 8.39. The summed E-state index contributed by atoms with van der Waals surface area (Å²) in [7, 11) is 1.51. The number of fused-ring (bicyclic) bond motifs is 1. The number of carbonyl (C=O) groups is 1. The average Bonchev–Trinajstić information content (AvgIpc) is 2.59. The number of rotatable bonds is 2. The fraction of sp³-hybridized carbons (Fsp3) is 0.222. The van der Waals surface area contributed by atoms with E-state index in [9.17, 15) is 4.79 Å². The molecular formula is C9H10N4O2. The summed E-state index contributed by atoms with van der Waals surface area (Å²) in [5.41, 5.74) is 6.08. The van der Waals surface area contributed by atoms with Crippen LogP contribution in [0.25, 0.3) is 5.65 Å². The normalized spacial score (nSPS) is 10.5. The number of hydrogen-bond acceptors (Lipinski definition) is 4. The van der Waals surface area contributed by atoms with E-state index < -0.39 is 5.91 Å². The van der Waals surface area contributed by atoms with Crippen molar-refractivity contribution in [3.05, 3.63) is 23.5 Å². The van der Waals surface area contributed by atoms with Gasteiger partial charge in [-0.25, -0.2) is 4.40 Å². The third-order valence-corrected chi connectivity index (χ3v) is 2.13. The Morgan fingerprint density at radius 1 is 1.47 bits per heavy atom. The van der Waals surface area contributed by atoms with Crippen LogP contribution in [0.4, 0.5) is 0 Å². The lowest BCUT2D eigenvalue weighted by atomic mass is 10.2. The van der Waals surface area contributed by atoms with Gasteiger partial charge in [0.25, 0.3) is 0 Å². The van der Waals surface area contributed by atoms with Gasteiger partial charge in [0.05, 0.1) is 7.11 Å². The van der Waals surface area contributed by atoms with Gasteiger partial charge in [0.2, 0.25) is 11.8 Å². The highest BCUT2D eigenvalue weighted by molar-refractivity contribution is 5.94. The Bertz CT molecular complexity index is 532. The first kappa shape index (κ1) is 9.45. The second-order valence-electron chi connectivity index (χ2n) is 3.09. The van der Waals surface area contributed by atoms with E-state index in [0.29, 0.717) is 22.9 Å².